The van der Waals surface area contributed by atoms with Crippen LogP contribution in [0.5, 0.6) is 0 Å². The van der Waals surface area contributed by atoms with Gasteiger partial charge in [-0.1, -0.05) is 6.07 Å². The molecule has 5 heteroatoms. The molecule has 0 saturated carbocycles. The lowest BCUT2D eigenvalue weighted by Crippen LogP contribution is -2.45. The number of carbonyl (C=O) groups excluding carboxylic acids is 1. The Labute approximate surface area is 135 Å². The van der Waals surface area contributed by atoms with Gasteiger partial charge >= 0.3 is 0 Å². The van der Waals surface area contributed by atoms with Gasteiger partial charge in [0.2, 0.25) is 0 Å². The van der Waals surface area contributed by atoms with Crippen LogP contribution in [0.15, 0.2) is 42.7 Å². The summed E-state index contributed by atoms with van der Waals surface area (Å²) < 4.78 is 14.0. The zero-order valence-corrected chi connectivity index (χ0v) is 13.1. The fraction of sp³-hybridized carbons (Fsp3) is 0.333. The molecule has 1 saturated heterocycles. The molecule has 0 aliphatic carbocycles. The van der Waals surface area contributed by atoms with Gasteiger partial charge in [0, 0.05) is 37.1 Å². The molecule has 0 spiro atoms. The van der Waals surface area contributed by atoms with Crippen LogP contribution < -0.4 is 10.2 Å². The predicted octanol–water partition coefficient (Wildman–Crippen LogP) is 2.93. The zero-order valence-electron chi connectivity index (χ0n) is 13.1. The molecule has 1 N–H and O–H groups in total. The molecule has 1 aromatic heterocycles. The van der Waals surface area contributed by atoms with E-state index < -0.39 is 0 Å². The number of aryl methyl sites for hydroxylation is 1. The van der Waals surface area contributed by atoms with Crippen LogP contribution in [0, 0.1) is 12.7 Å². The van der Waals surface area contributed by atoms with Crippen molar-refractivity contribution in [3.63, 3.8) is 0 Å². The molecule has 0 atom stereocenters. The minimum absolute atomic E-state index is 0.0763. The number of anilines is 1. The molecule has 120 valence electrons. The minimum atomic E-state index is -0.185. The second kappa shape index (κ2) is 6.77. The van der Waals surface area contributed by atoms with Gasteiger partial charge in [0.05, 0.1) is 5.69 Å². The SMILES string of the molecule is Cc1ccc(F)c(N2CCC(NC(=O)c3ccncc3)CC2)c1. The van der Waals surface area contributed by atoms with Crippen molar-refractivity contribution in [2.45, 2.75) is 25.8 Å². The zero-order chi connectivity index (χ0) is 16.2. The molecule has 23 heavy (non-hydrogen) atoms. The summed E-state index contributed by atoms with van der Waals surface area (Å²) >= 11 is 0. The summed E-state index contributed by atoms with van der Waals surface area (Å²) in [6.07, 6.45) is 4.84. The summed E-state index contributed by atoms with van der Waals surface area (Å²) in [5.74, 6) is -0.262. The Morgan fingerprint density at radius 3 is 2.61 bits per heavy atom. The van der Waals surface area contributed by atoms with Crippen molar-refractivity contribution in [1.29, 1.82) is 0 Å². The Morgan fingerprint density at radius 1 is 1.22 bits per heavy atom. The summed E-state index contributed by atoms with van der Waals surface area (Å²) in [6.45, 7) is 3.44. The number of amides is 1. The number of aromatic nitrogens is 1. The predicted molar refractivity (Wildman–Crippen MR) is 88.1 cm³/mol. The molecule has 0 unspecified atom stereocenters. The summed E-state index contributed by atoms with van der Waals surface area (Å²) in [7, 11) is 0. The third kappa shape index (κ3) is 3.67. The van der Waals surface area contributed by atoms with Crippen molar-refractivity contribution in [2.75, 3.05) is 18.0 Å². The fourth-order valence-corrected chi connectivity index (χ4v) is 2.90. The van der Waals surface area contributed by atoms with E-state index in [0.717, 1.165) is 31.5 Å². The van der Waals surface area contributed by atoms with Crippen molar-refractivity contribution in [1.82, 2.24) is 10.3 Å². The topological polar surface area (TPSA) is 45.2 Å². The van der Waals surface area contributed by atoms with Crippen LogP contribution in [-0.4, -0.2) is 30.0 Å². The van der Waals surface area contributed by atoms with Gasteiger partial charge in [-0.25, -0.2) is 4.39 Å². The fourth-order valence-electron chi connectivity index (χ4n) is 2.90. The number of hydrogen-bond donors (Lipinski definition) is 1. The lowest BCUT2D eigenvalue weighted by Gasteiger charge is -2.34. The number of piperidine rings is 1. The van der Waals surface area contributed by atoms with E-state index in [1.807, 2.05) is 13.0 Å². The van der Waals surface area contributed by atoms with Gasteiger partial charge in [-0.05, 0) is 49.6 Å². The number of nitrogens with one attached hydrogen (secondary N) is 1. The maximum atomic E-state index is 14.0. The molecule has 1 aromatic carbocycles. The lowest BCUT2D eigenvalue weighted by atomic mass is 10.0. The monoisotopic (exact) mass is 313 g/mol. The molecule has 2 aromatic rings. The van der Waals surface area contributed by atoms with Crippen LogP contribution in [0.3, 0.4) is 0 Å². The Bertz CT molecular complexity index is 682. The highest BCUT2D eigenvalue weighted by Crippen LogP contribution is 2.24. The van der Waals surface area contributed by atoms with E-state index in [1.165, 1.54) is 6.07 Å². The molecule has 0 bridgehead atoms. The first kappa shape index (κ1) is 15.5. The maximum Gasteiger partial charge on any atom is 0.251 e. The van der Waals surface area contributed by atoms with Gasteiger partial charge in [-0.3, -0.25) is 9.78 Å². The quantitative estimate of drug-likeness (QED) is 0.947. The van der Waals surface area contributed by atoms with Gasteiger partial charge in [0.1, 0.15) is 5.82 Å². The Morgan fingerprint density at radius 2 is 1.91 bits per heavy atom. The van der Waals surface area contributed by atoms with Crippen LogP contribution in [0.25, 0.3) is 0 Å². The summed E-state index contributed by atoms with van der Waals surface area (Å²) in [5.41, 5.74) is 2.32. The molecular formula is C18H20FN3O. The molecule has 1 fully saturated rings. The molecule has 1 amide bonds. The van der Waals surface area contributed by atoms with Crippen LogP contribution >= 0.6 is 0 Å². The van der Waals surface area contributed by atoms with Crippen LogP contribution in [0.1, 0.15) is 28.8 Å². The molecule has 3 rings (SSSR count). The van der Waals surface area contributed by atoms with Gasteiger partial charge in [0.25, 0.3) is 5.91 Å². The van der Waals surface area contributed by atoms with Crippen LogP contribution in [-0.2, 0) is 0 Å². The number of carbonyl (C=O) groups is 1. The number of benzene rings is 1. The van der Waals surface area contributed by atoms with E-state index in [9.17, 15) is 9.18 Å². The first-order chi connectivity index (χ1) is 11.1. The first-order valence-corrected chi connectivity index (χ1v) is 7.85. The second-order valence-corrected chi connectivity index (χ2v) is 5.93. The van der Waals surface area contributed by atoms with Crippen molar-refractivity contribution in [3.05, 3.63) is 59.7 Å². The first-order valence-electron chi connectivity index (χ1n) is 7.85. The summed E-state index contributed by atoms with van der Waals surface area (Å²) in [5, 5.41) is 3.05. The van der Waals surface area contributed by atoms with E-state index in [1.54, 1.807) is 30.6 Å². The number of halogens is 1. The summed E-state index contributed by atoms with van der Waals surface area (Å²) in [4.78, 5) is 18.1. The average molecular weight is 313 g/mol. The standard InChI is InChI=1S/C18H20FN3O/c1-13-2-3-16(19)17(12-13)22-10-6-15(7-11-22)21-18(23)14-4-8-20-9-5-14/h2-5,8-9,12,15H,6-7,10-11H2,1H3,(H,21,23). The third-order valence-corrected chi connectivity index (χ3v) is 4.22. The Kier molecular flexibility index (Phi) is 4.55. The van der Waals surface area contributed by atoms with Crippen LogP contribution in [0.2, 0.25) is 0 Å². The Hall–Kier alpha value is -2.43. The third-order valence-electron chi connectivity index (χ3n) is 4.22. The smallest absolute Gasteiger partial charge is 0.251 e. The summed E-state index contributed by atoms with van der Waals surface area (Å²) in [6, 6.07) is 8.70. The molecule has 2 heterocycles. The van der Waals surface area contributed by atoms with E-state index in [-0.39, 0.29) is 17.8 Å². The van der Waals surface area contributed by atoms with E-state index in [4.69, 9.17) is 0 Å². The maximum absolute atomic E-state index is 14.0. The molecule has 1 aliphatic rings. The van der Waals surface area contributed by atoms with Crippen molar-refractivity contribution in [2.24, 2.45) is 0 Å². The van der Waals surface area contributed by atoms with Crippen molar-refractivity contribution < 1.29 is 9.18 Å². The van der Waals surface area contributed by atoms with Crippen LogP contribution in [0.4, 0.5) is 10.1 Å². The lowest BCUT2D eigenvalue weighted by molar-refractivity contribution is 0.0931. The van der Waals surface area contributed by atoms with Crippen molar-refractivity contribution >= 4 is 11.6 Å². The molecule has 4 nitrogen and oxygen atoms in total. The van der Waals surface area contributed by atoms with Gasteiger partial charge in [-0.15, -0.1) is 0 Å². The minimum Gasteiger partial charge on any atom is -0.369 e. The Balaban J connectivity index is 1.58. The van der Waals surface area contributed by atoms with Gasteiger partial charge in [-0.2, -0.15) is 0 Å². The highest BCUT2D eigenvalue weighted by molar-refractivity contribution is 5.94. The van der Waals surface area contributed by atoms with Gasteiger partial charge in [0.15, 0.2) is 0 Å². The number of hydrogen-bond acceptors (Lipinski definition) is 3. The molecule has 0 radical (unpaired) electrons. The second-order valence-electron chi connectivity index (χ2n) is 5.93. The number of nitrogens with zero attached hydrogens (tertiary/aromatic N) is 2. The largest absolute Gasteiger partial charge is 0.369 e. The number of pyridine rings is 1. The van der Waals surface area contributed by atoms with Gasteiger partial charge < -0.3 is 10.2 Å². The normalized spacial score (nSPS) is 15.5. The number of rotatable bonds is 3. The van der Waals surface area contributed by atoms with E-state index >= 15 is 0 Å². The average Bonchev–Trinajstić information content (AvgIpc) is 2.58. The van der Waals surface area contributed by atoms with E-state index in [2.05, 4.69) is 15.2 Å². The highest BCUT2D eigenvalue weighted by atomic mass is 19.1. The highest BCUT2D eigenvalue weighted by Gasteiger charge is 2.22. The molecular weight excluding hydrogens is 293 g/mol. The molecule has 1 aliphatic heterocycles. The van der Waals surface area contributed by atoms with Crippen molar-refractivity contribution in [3.8, 4) is 0 Å². The van der Waals surface area contributed by atoms with E-state index in [0.29, 0.717) is 11.3 Å².